The molecule has 2 aromatic rings. The van der Waals surface area contributed by atoms with E-state index in [1.165, 1.54) is 6.07 Å². The van der Waals surface area contributed by atoms with Crippen LogP contribution in [0.5, 0.6) is 0 Å². The highest BCUT2D eigenvalue weighted by atomic mass is 19.4. The molecule has 1 amide bonds. The molecule has 2 aromatic carbocycles. The first-order valence-electron chi connectivity index (χ1n) is 8.80. The van der Waals surface area contributed by atoms with Gasteiger partial charge in [0.05, 0.1) is 11.3 Å². The van der Waals surface area contributed by atoms with Gasteiger partial charge in [0.25, 0.3) is 5.91 Å². The molecule has 2 rings (SSSR count). The lowest BCUT2D eigenvalue weighted by atomic mass is 10.1. The van der Waals surface area contributed by atoms with Gasteiger partial charge in [-0.15, -0.1) is 0 Å². The summed E-state index contributed by atoms with van der Waals surface area (Å²) in [7, 11) is 0. The van der Waals surface area contributed by atoms with Gasteiger partial charge in [-0.05, 0) is 44.2 Å². The molecule has 0 spiro atoms. The zero-order valence-corrected chi connectivity index (χ0v) is 16.2. The molecule has 7 nitrogen and oxygen atoms in total. The molecule has 0 aliphatic heterocycles. The lowest BCUT2D eigenvalue weighted by Gasteiger charge is -2.23. The third-order valence-corrected chi connectivity index (χ3v) is 3.87. The Kier molecular flexibility index (Phi) is 8.85. The fourth-order valence-electron chi connectivity index (χ4n) is 2.42. The quantitative estimate of drug-likeness (QED) is 0.642. The fourth-order valence-corrected chi connectivity index (χ4v) is 2.42. The van der Waals surface area contributed by atoms with Gasteiger partial charge in [0.2, 0.25) is 0 Å². The van der Waals surface area contributed by atoms with Crippen LogP contribution < -0.4 is 10.2 Å². The lowest BCUT2D eigenvalue weighted by Crippen LogP contribution is -2.24. The third-order valence-electron chi connectivity index (χ3n) is 3.87. The van der Waals surface area contributed by atoms with Crippen molar-refractivity contribution in [2.24, 2.45) is 0 Å². The minimum Gasteiger partial charge on any atom is -0.478 e. The maximum atomic E-state index is 12.2. The number of hydrogen-bond acceptors (Lipinski definition) is 4. The van der Waals surface area contributed by atoms with Gasteiger partial charge in [0, 0.05) is 24.3 Å². The van der Waals surface area contributed by atoms with Crippen LogP contribution >= 0.6 is 0 Å². The monoisotopic (exact) mass is 426 g/mol. The highest BCUT2D eigenvalue weighted by molar-refractivity contribution is 6.05. The van der Waals surface area contributed by atoms with Crippen molar-refractivity contribution in [1.29, 1.82) is 0 Å². The number of carboxylic acid groups (broad SMARTS) is 2. The van der Waals surface area contributed by atoms with E-state index in [2.05, 4.69) is 5.32 Å². The normalized spacial score (nSPS) is 10.4. The maximum Gasteiger partial charge on any atom is 0.490 e. The molecule has 0 saturated carbocycles. The number of anilines is 2. The molecule has 3 N–H and O–H groups in total. The maximum absolute atomic E-state index is 12.2. The van der Waals surface area contributed by atoms with Crippen molar-refractivity contribution in [2.45, 2.75) is 20.0 Å². The van der Waals surface area contributed by atoms with Crippen molar-refractivity contribution in [3.8, 4) is 0 Å². The third kappa shape index (κ3) is 7.12. The highest BCUT2D eigenvalue weighted by Crippen LogP contribution is 2.25. The summed E-state index contributed by atoms with van der Waals surface area (Å²) in [6.45, 7) is 5.37. The van der Waals surface area contributed by atoms with Gasteiger partial charge in [-0.3, -0.25) is 4.79 Å². The van der Waals surface area contributed by atoms with Crippen molar-refractivity contribution in [1.82, 2.24) is 0 Å². The van der Waals surface area contributed by atoms with Crippen molar-refractivity contribution in [3.63, 3.8) is 0 Å². The Labute approximate surface area is 170 Å². The van der Waals surface area contributed by atoms with E-state index in [1.807, 2.05) is 24.8 Å². The Bertz CT molecular complexity index is 882. The topological polar surface area (TPSA) is 107 Å². The summed E-state index contributed by atoms with van der Waals surface area (Å²) in [4.78, 5) is 34.5. The number of aromatic carboxylic acids is 1. The van der Waals surface area contributed by atoms with Crippen LogP contribution in [0, 0.1) is 0 Å². The Balaban J connectivity index is 0.000000553. The summed E-state index contributed by atoms with van der Waals surface area (Å²) in [5, 5.41) is 19.3. The molecule has 0 heterocycles. The van der Waals surface area contributed by atoms with Crippen LogP contribution in [0.4, 0.5) is 24.5 Å². The zero-order chi connectivity index (χ0) is 22.9. The van der Waals surface area contributed by atoms with E-state index >= 15 is 0 Å². The minimum absolute atomic E-state index is 0.180. The average molecular weight is 426 g/mol. The number of nitrogens with one attached hydrogen (secondary N) is 1. The number of nitrogens with zero attached hydrogens (tertiary/aromatic N) is 1. The van der Waals surface area contributed by atoms with Gasteiger partial charge in [-0.2, -0.15) is 13.2 Å². The summed E-state index contributed by atoms with van der Waals surface area (Å²) in [6, 6.07) is 13.8. The molecule has 0 aliphatic carbocycles. The first-order valence-corrected chi connectivity index (χ1v) is 8.80. The number of benzene rings is 2. The van der Waals surface area contributed by atoms with E-state index in [9.17, 15) is 27.9 Å². The molecular formula is C20H21F3N2O5. The SMILES string of the molecule is CCN(CC)c1ccc(NC(=O)c2ccccc2)cc1C(=O)O.O=C(O)C(F)(F)F. The van der Waals surface area contributed by atoms with Gasteiger partial charge < -0.3 is 20.4 Å². The van der Waals surface area contributed by atoms with E-state index in [-0.39, 0.29) is 11.5 Å². The summed E-state index contributed by atoms with van der Waals surface area (Å²) < 4.78 is 31.7. The number of carbonyl (C=O) groups is 3. The molecule has 10 heteroatoms. The molecule has 0 bridgehead atoms. The molecule has 0 fully saturated rings. The van der Waals surface area contributed by atoms with Crippen molar-refractivity contribution in [2.75, 3.05) is 23.3 Å². The molecule has 0 saturated heterocycles. The van der Waals surface area contributed by atoms with Crippen molar-refractivity contribution < 1.29 is 37.8 Å². The van der Waals surface area contributed by atoms with Gasteiger partial charge in [0.15, 0.2) is 0 Å². The smallest absolute Gasteiger partial charge is 0.478 e. The molecule has 0 radical (unpaired) electrons. The van der Waals surface area contributed by atoms with E-state index in [1.54, 1.807) is 36.4 Å². The number of rotatable bonds is 6. The van der Waals surface area contributed by atoms with Crippen LogP contribution in [0.3, 0.4) is 0 Å². The van der Waals surface area contributed by atoms with Gasteiger partial charge in [-0.1, -0.05) is 18.2 Å². The van der Waals surface area contributed by atoms with E-state index < -0.39 is 18.1 Å². The van der Waals surface area contributed by atoms with Crippen LogP contribution in [0.25, 0.3) is 0 Å². The number of carboxylic acids is 2. The van der Waals surface area contributed by atoms with Crippen LogP contribution in [0.1, 0.15) is 34.6 Å². The Morgan fingerprint density at radius 2 is 1.50 bits per heavy atom. The number of halogens is 3. The Morgan fingerprint density at radius 3 is 1.93 bits per heavy atom. The predicted octanol–water partition coefficient (Wildman–Crippen LogP) is 4.12. The van der Waals surface area contributed by atoms with E-state index in [0.717, 1.165) is 0 Å². The number of aliphatic carboxylic acids is 1. The summed E-state index contributed by atoms with van der Waals surface area (Å²) in [5.74, 6) is -4.03. The van der Waals surface area contributed by atoms with Crippen molar-refractivity contribution in [3.05, 3.63) is 59.7 Å². The second-order valence-corrected chi connectivity index (χ2v) is 5.83. The molecule has 0 unspecified atom stereocenters. The Hall–Kier alpha value is -3.56. The first-order chi connectivity index (χ1) is 14.0. The lowest BCUT2D eigenvalue weighted by molar-refractivity contribution is -0.192. The summed E-state index contributed by atoms with van der Waals surface area (Å²) in [5.41, 5.74) is 1.82. The van der Waals surface area contributed by atoms with Crippen LogP contribution in [0.15, 0.2) is 48.5 Å². The minimum atomic E-state index is -5.08. The van der Waals surface area contributed by atoms with Crippen LogP contribution in [-0.2, 0) is 4.79 Å². The van der Waals surface area contributed by atoms with E-state index in [4.69, 9.17) is 9.90 Å². The summed E-state index contributed by atoms with van der Waals surface area (Å²) >= 11 is 0. The van der Waals surface area contributed by atoms with Crippen molar-refractivity contribution >= 4 is 29.2 Å². The second-order valence-electron chi connectivity index (χ2n) is 5.83. The molecule has 0 aliphatic rings. The molecule has 0 aromatic heterocycles. The second kappa shape index (κ2) is 10.8. The predicted molar refractivity (Wildman–Crippen MR) is 105 cm³/mol. The number of hydrogen-bond donors (Lipinski definition) is 3. The standard InChI is InChI=1S/C18H20N2O3.C2HF3O2/c1-3-20(4-2)16-11-10-14(12-15(16)18(22)23)19-17(21)13-8-6-5-7-9-13;3-2(4,5)1(6)7/h5-12H,3-4H2,1-2H3,(H,19,21)(H,22,23);(H,6,7). The first kappa shape index (κ1) is 24.5. The number of amides is 1. The molecule has 162 valence electrons. The van der Waals surface area contributed by atoms with Crippen LogP contribution in [-0.4, -0.2) is 47.3 Å². The Morgan fingerprint density at radius 1 is 0.967 bits per heavy atom. The highest BCUT2D eigenvalue weighted by Gasteiger charge is 2.38. The average Bonchev–Trinajstić information content (AvgIpc) is 2.70. The molecule has 0 atom stereocenters. The van der Waals surface area contributed by atoms with Gasteiger partial charge in [-0.25, -0.2) is 9.59 Å². The zero-order valence-electron chi connectivity index (χ0n) is 16.2. The van der Waals surface area contributed by atoms with Crippen LogP contribution in [0.2, 0.25) is 0 Å². The molecule has 30 heavy (non-hydrogen) atoms. The number of alkyl halides is 3. The van der Waals surface area contributed by atoms with Gasteiger partial charge >= 0.3 is 18.1 Å². The summed E-state index contributed by atoms with van der Waals surface area (Å²) in [6.07, 6.45) is -5.08. The molecular weight excluding hydrogens is 405 g/mol. The largest absolute Gasteiger partial charge is 0.490 e. The van der Waals surface area contributed by atoms with E-state index in [0.29, 0.717) is 30.0 Å². The van der Waals surface area contributed by atoms with Gasteiger partial charge in [0.1, 0.15) is 0 Å². The fraction of sp³-hybridized carbons (Fsp3) is 0.250. The number of carbonyl (C=O) groups excluding carboxylic acids is 1.